The summed E-state index contributed by atoms with van der Waals surface area (Å²) in [4.78, 5) is 11.7. The summed E-state index contributed by atoms with van der Waals surface area (Å²) in [5.74, 6) is 0.689. The van der Waals surface area contributed by atoms with Crippen LogP contribution in [0.3, 0.4) is 0 Å². The van der Waals surface area contributed by atoms with Crippen molar-refractivity contribution >= 4 is 11.4 Å². The molecule has 0 atom stereocenters. The predicted molar refractivity (Wildman–Crippen MR) is 68.4 cm³/mol. The molecule has 3 aromatic rings. The van der Waals surface area contributed by atoms with E-state index in [0.29, 0.717) is 17.2 Å². The van der Waals surface area contributed by atoms with Gasteiger partial charge in [0.15, 0.2) is 17.3 Å². The Hall–Kier alpha value is -2.49. The van der Waals surface area contributed by atoms with E-state index < -0.39 is 0 Å². The molecule has 4 nitrogen and oxygen atoms in total. The van der Waals surface area contributed by atoms with Crippen molar-refractivity contribution in [1.29, 1.82) is 0 Å². The minimum Gasteiger partial charge on any atom is -0.293 e. The second kappa shape index (κ2) is 4.07. The standard InChI is InChI=1S/C14H11N3O/c1-10(18)12-8-5-9-13-15-16-14(17(12)13)11-6-3-2-4-7-11/h2-9H,1H3. The number of carbonyl (C=O) groups is 1. The number of hydrogen-bond acceptors (Lipinski definition) is 3. The van der Waals surface area contributed by atoms with Gasteiger partial charge in [-0.1, -0.05) is 36.4 Å². The van der Waals surface area contributed by atoms with Crippen molar-refractivity contribution in [3.05, 3.63) is 54.2 Å². The van der Waals surface area contributed by atoms with Gasteiger partial charge in [-0.15, -0.1) is 10.2 Å². The van der Waals surface area contributed by atoms with Gasteiger partial charge in [0.25, 0.3) is 0 Å². The van der Waals surface area contributed by atoms with Crippen molar-refractivity contribution in [2.45, 2.75) is 6.92 Å². The van der Waals surface area contributed by atoms with Crippen molar-refractivity contribution < 1.29 is 4.79 Å². The van der Waals surface area contributed by atoms with E-state index >= 15 is 0 Å². The van der Waals surface area contributed by atoms with Crippen LogP contribution in [0.5, 0.6) is 0 Å². The van der Waals surface area contributed by atoms with E-state index in [4.69, 9.17) is 0 Å². The average molecular weight is 237 g/mol. The van der Waals surface area contributed by atoms with E-state index in [1.54, 1.807) is 17.4 Å². The van der Waals surface area contributed by atoms with Crippen LogP contribution in [0.1, 0.15) is 17.4 Å². The molecule has 0 N–H and O–H groups in total. The van der Waals surface area contributed by atoms with Gasteiger partial charge in [-0.25, -0.2) is 0 Å². The number of pyridine rings is 1. The van der Waals surface area contributed by atoms with Crippen molar-refractivity contribution in [3.8, 4) is 11.4 Å². The zero-order valence-electron chi connectivity index (χ0n) is 9.87. The third-order valence-corrected chi connectivity index (χ3v) is 2.82. The third kappa shape index (κ3) is 1.59. The lowest BCUT2D eigenvalue weighted by molar-refractivity contribution is 0.101. The van der Waals surface area contributed by atoms with E-state index in [1.807, 2.05) is 42.5 Å². The Morgan fingerprint density at radius 1 is 1.00 bits per heavy atom. The third-order valence-electron chi connectivity index (χ3n) is 2.82. The maximum Gasteiger partial charge on any atom is 0.176 e. The number of benzene rings is 1. The van der Waals surface area contributed by atoms with Gasteiger partial charge < -0.3 is 0 Å². The van der Waals surface area contributed by atoms with Gasteiger partial charge in [-0.05, 0) is 12.1 Å². The number of fused-ring (bicyclic) bond motifs is 1. The van der Waals surface area contributed by atoms with Crippen LogP contribution in [0.2, 0.25) is 0 Å². The maximum absolute atomic E-state index is 11.7. The topological polar surface area (TPSA) is 47.3 Å². The van der Waals surface area contributed by atoms with Gasteiger partial charge >= 0.3 is 0 Å². The number of ketones is 1. The van der Waals surface area contributed by atoms with Crippen LogP contribution in [-0.4, -0.2) is 20.4 Å². The molecule has 0 radical (unpaired) electrons. The molecule has 88 valence electrons. The molecular formula is C14H11N3O. The molecule has 0 aliphatic rings. The largest absolute Gasteiger partial charge is 0.293 e. The highest BCUT2D eigenvalue weighted by molar-refractivity contribution is 5.93. The van der Waals surface area contributed by atoms with Crippen LogP contribution in [0, 0.1) is 0 Å². The summed E-state index contributed by atoms with van der Waals surface area (Å²) in [6.45, 7) is 1.55. The number of Topliss-reactive ketones (excluding diaryl/α,β-unsaturated/α-hetero) is 1. The van der Waals surface area contributed by atoms with E-state index in [-0.39, 0.29) is 5.78 Å². The van der Waals surface area contributed by atoms with Crippen LogP contribution in [0.25, 0.3) is 17.0 Å². The molecule has 0 aliphatic heterocycles. The molecule has 0 saturated carbocycles. The van der Waals surface area contributed by atoms with Crippen molar-refractivity contribution in [2.24, 2.45) is 0 Å². The minimum absolute atomic E-state index is 0.00224. The van der Waals surface area contributed by atoms with Crippen LogP contribution in [-0.2, 0) is 0 Å². The molecule has 0 spiro atoms. The van der Waals surface area contributed by atoms with Gasteiger partial charge in [0.1, 0.15) is 0 Å². The van der Waals surface area contributed by atoms with Crippen molar-refractivity contribution in [2.75, 3.05) is 0 Å². The Morgan fingerprint density at radius 3 is 2.50 bits per heavy atom. The molecule has 4 heteroatoms. The van der Waals surface area contributed by atoms with Crippen LogP contribution >= 0.6 is 0 Å². The van der Waals surface area contributed by atoms with Crippen LogP contribution in [0.4, 0.5) is 0 Å². The Labute approximate surface area is 104 Å². The molecule has 0 aliphatic carbocycles. The first-order chi connectivity index (χ1) is 8.77. The van der Waals surface area contributed by atoms with E-state index in [2.05, 4.69) is 10.2 Å². The fourth-order valence-electron chi connectivity index (χ4n) is 1.99. The van der Waals surface area contributed by atoms with E-state index in [9.17, 15) is 4.79 Å². The first-order valence-corrected chi connectivity index (χ1v) is 5.68. The van der Waals surface area contributed by atoms with E-state index in [0.717, 1.165) is 5.56 Å². The molecule has 0 fully saturated rings. The van der Waals surface area contributed by atoms with Gasteiger partial charge in [0.05, 0.1) is 5.69 Å². The molecule has 0 bridgehead atoms. The lowest BCUT2D eigenvalue weighted by Crippen LogP contribution is -2.03. The highest BCUT2D eigenvalue weighted by atomic mass is 16.1. The number of carbonyl (C=O) groups excluding carboxylic acids is 1. The van der Waals surface area contributed by atoms with Gasteiger partial charge in [-0.2, -0.15) is 0 Å². The summed E-state index contributed by atoms with van der Waals surface area (Å²) in [5, 5.41) is 8.27. The van der Waals surface area contributed by atoms with Crippen molar-refractivity contribution in [3.63, 3.8) is 0 Å². The predicted octanol–water partition coefficient (Wildman–Crippen LogP) is 2.60. The lowest BCUT2D eigenvalue weighted by atomic mass is 10.2. The highest BCUT2D eigenvalue weighted by Gasteiger charge is 2.12. The molecule has 3 rings (SSSR count). The summed E-state index contributed by atoms with van der Waals surface area (Å²) in [7, 11) is 0. The number of aromatic nitrogens is 3. The fourth-order valence-corrected chi connectivity index (χ4v) is 1.99. The maximum atomic E-state index is 11.7. The van der Waals surface area contributed by atoms with Gasteiger partial charge in [-0.3, -0.25) is 9.20 Å². The highest BCUT2D eigenvalue weighted by Crippen LogP contribution is 2.19. The van der Waals surface area contributed by atoms with Crippen LogP contribution < -0.4 is 0 Å². The summed E-state index contributed by atoms with van der Waals surface area (Å²) >= 11 is 0. The summed E-state index contributed by atoms with van der Waals surface area (Å²) in [5.41, 5.74) is 2.22. The molecule has 2 aromatic heterocycles. The summed E-state index contributed by atoms with van der Waals surface area (Å²) < 4.78 is 1.79. The fraction of sp³-hybridized carbons (Fsp3) is 0.0714. The number of hydrogen-bond donors (Lipinski definition) is 0. The van der Waals surface area contributed by atoms with Crippen LogP contribution in [0.15, 0.2) is 48.5 Å². The summed E-state index contributed by atoms with van der Waals surface area (Å²) in [6.07, 6.45) is 0. The average Bonchev–Trinajstić information content (AvgIpc) is 2.83. The molecule has 0 unspecified atom stereocenters. The second-order valence-corrected chi connectivity index (χ2v) is 4.05. The zero-order chi connectivity index (χ0) is 12.5. The quantitative estimate of drug-likeness (QED) is 0.643. The first-order valence-electron chi connectivity index (χ1n) is 5.68. The molecular weight excluding hydrogens is 226 g/mol. The second-order valence-electron chi connectivity index (χ2n) is 4.05. The minimum atomic E-state index is -0.00224. The Bertz CT molecular complexity index is 716. The smallest absolute Gasteiger partial charge is 0.176 e. The number of rotatable bonds is 2. The molecule has 18 heavy (non-hydrogen) atoms. The van der Waals surface area contributed by atoms with Gasteiger partial charge in [0, 0.05) is 12.5 Å². The number of nitrogens with zero attached hydrogens (tertiary/aromatic N) is 3. The van der Waals surface area contributed by atoms with Crippen molar-refractivity contribution in [1.82, 2.24) is 14.6 Å². The van der Waals surface area contributed by atoms with Gasteiger partial charge in [0.2, 0.25) is 0 Å². The first kappa shape index (κ1) is 10.7. The zero-order valence-corrected chi connectivity index (χ0v) is 9.87. The Morgan fingerprint density at radius 2 is 1.78 bits per heavy atom. The SMILES string of the molecule is CC(=O)c1cccc2nnc(-c3ccccc3)n12. The lowest BCUT2D eigenvalue weighted by Gasteiger charge is -2.04. The normalized spacial score (nSPS) is 10.7. The molecule has 1 aromatic carbocycles. The molecule has 0 amide bonds. The molecule has 2 heterocycles. The van der Waals surface area contributed by atoms with E-state index in [1.165, 1.54) is 0 Å². The molecule has 0 saturated heterocycles. The Kier molecular flexibility index (Phi) is 2.41. The Balaban J connectivity index is 2.35. The summed E-state index contributed by atoms with van der Waals surface area (Å²) in [6, 6.07) is 15.2. The monoisotopic (exact) mass is 237 g/mol.